The molecule has 1 aromatic carbocycles. The van der Waals surface area contributed by atoms with E-state index in [1.165, 1.54) is 24.0 Å². The van der Waals surface area contributed by atoms with Gasteiger partial charge >= 0.3 is 51.3 Å². The predicted octanol–water partition coefficient (Wildman–Crippen LogP) is 2.29. The van der Waals surface area contributed by atoms with E-state index in [0.717, 1.165) is 0 Å². The summed E-state index contributed by atoms with van der Waals surface area (Å²) in [4.78, 5) is 0. The molecule has 0 saturated heterocycles. The van der Waals surface area contributed by atoms with Crippen LogP contribution in [0, 0.1) is 33.8 Å². The van der Waals surface area contributed by atoms with E-state index in [4.69, 9.17) is 14.0 Å². The van der Waals surface area contributed by atoms with Crippen LogP contribution < -0.4 is 0 Å². The van der Waals surface area contributed by atoms with E-state index in [9.17, 15) is 0 Å². The van der Waals surface area contributed by atoms with Crippen LogP contribution in [0.15, 0.2) is 12.1 Å². The van der Waals surface area contributed by atoms with Crippen LogP contribution in [0.4, 0.5) is 0 Å². The van der Waals surface area contributed by atoms with Gasteiger partial charge in [0.15, 0.2) is 0 Å². The summed E-state index contributed by atoms with van der Waals surface area (Å²) in [6.07, 6.45) is 2.61. The second-order valence-corrected chi connectivity index (χ2v) is 3.22. The van der Waals surface area contributed by atoms with Crippen LogP contribution in [0.25, 0.3) is 0 Å². The molecule has 1 aliphatic carbocycles. The largest absolute Gasteiger partial charge is 6.00 e. The van der Waals surface area contributed by atoms with E-state index in [1.54, 1.807) is 11.1 Å². The first kappa shape index (κ1) is 21.3. The van der Waals surface area contributed by atoms with Crippen LogP contribution in [0.2, 0.25) is 0 Å². The molecular formula is C13H12CrO3+6. The summed E-state index contributed by atoms with van der Waals surface area (Å²) < 4.78 is 22.5. The van der Waals surface area contributed by atoms with Gasteiger partial charge in [0.05, 0.1) is 0 Å². The van der Waals surface area contributed by atoms with Crippen molar-refractivity contribution in [1.29, 1.82) is 0 Å². The smallest absolute Gasteiger partial charge is 6.00 e. The van der Waals surface area contributed by atoms with Crippen molar-refractivity contribution in [3.05, 3.63) is 54.3 Å². The first-order chi connectivity index (χ1) is 7.77. The maximum absolute atomic E-state index is 7.50. The molecule has 0 N–H and O–H groups in total. The summed E-state index contributed by atoms with van der Waals surface area (Å²) in [5.74, 6) is 0. The van der Waals surface area contributed by atoms with E-state index < -0.39 is 0 Å². The van der Waals surface area contributed by atoms with Crippen LogP contribution in [-0.4, -0.2) is 0 Å². The first-order valence-electron chi connectivity index (χ1n) is 4.47. The molecule has 0 aromatic heterocycles. The number of hydrogen-bond donors (Lipinski definition) is 0. The fraction of sp³-hybridized carbons (Fsp3) is 0.308. The third kappa shape index (κ3) is 6.32. The Bertz CT molecular complexity index is 360. The molecule has 0 aliphatic heterocycles. The van der Waals surface area contributed by atoms with Crippen molar-refractivity contribution in [1.82, 2.24) is 0 Å². The Kier molecular flexibility index (Phi) is 16.3. The minimum absolute atomic E-state index is 0. The van der Waals surface area contributed by atoms with Gasteiger partial charge in [-0.1, -0.05) is 17.7 Å². The number of rotatable bonds is 0. The van der Waals surface area contributed by atoms with Crippen LogP contribution >= 0.6 is 0 Å². The molecular weight excluding hydrogens is 256 g/mol. The molecule has 0 heterocycles. The maximum atomic E-state index is 7.50. The number of benzene rings is 1. The van der Waals surface area contributed by atoms with Gasteiger partial charge in [-0.15, -0.1) is 0 Å². The molecule has 4 heteroatoms. The molecule has 82 valence electrons. The van der Waals surface area contributed by atoms with Crippen molar-refractivity contribution >= 4 is 0 Å². The predicted molar refractivity (Wildman–Crippen MR) is 55.1 cm³/mol. The molecule has 2 rings (SSSR count). The van der Waals surface area contributed by atoms with Crippen molar-refractivity contribution < 1.29 is 31.3 Å². The van der Waals surface area contributed by atoms with Crippen LogP contribution in [0.1, 0.15) is 22.3 Å². The third-order valence-electron chi connectivity index (χ3n) is 2.35. The molecule has 0 radical (unpaired) electrons. The second-order valence-electron chi connectivity index (χ2n) is 3.22. The Morgan fingerprint density at radius 3 is 1.65 bits per heavy atom. The van der Waals surface area contributed by atoms with Crippen molar-refractivity contribution in [3.8, 4) is 0 Å². The molecule has 0 spiro atoms. The molecule has 1 aliphatic rings. The Balaban J connectivity index is -0.000000248. The zero-order valence-electron chi connectivity index (χ0n) is 9.70. The molecule has 1 aromatic rings. The first-order valence-corrected chi connectivity index (χ1v) is 4.47. The summed E-state index contributed by atoms with van der Waals surface area (Å²) in [7, 11) is 0. The fourth-order valence-corrected chi connectivity index (χ4v) is 1.75. The molecule has 0 bridgehead atoms. The average molecular weight is 268 g/mol. The van der Waals surface area contributed by atoms with Gasteiger partial charge in [-0.05, 0) is 43.4 Å². The normalized spacial score (nSPS) is 8.71. The Labute approximate surface area is 113 Å². The average Bonchev–Trinajstić information content (AvgIpc) is 2.31. The van der Waals surface area contributed by atoms with Gasteiger partial charge in [-0.2, -0.15) is 0 Å². The quantitative estimate of drug-likeness (QED) is 0.512. The zero-order valence-corrected chi connectivity index (χ0v) is 11.0. The van der Waals surface area contributed by atoms with Gasteiger partial charge in [0.1, 0.15) is 0 Å². The molecule has 17 heavy (non-hydrogen) atoms. The van der Waals surface area contributed by atoms with E-state index >= 15 is 0 Å². The Morgan fingerprint density at radius 1 is 0.882 bits per heavy atom. The Hall–Kier alpha value is -1.03. The van der Waals surface area contributed by atoms with Gasteiger partial charge in [-0.25, -0.2) is 0 Å². The fourth-order valence-electron chi connectivity index (χ4n) is 1.75. The third-order valence-corrected chi connectivity index (χ3v) is 2.35. The number of aryl methyl sites for hydroxylation is 3. The monoisotopic (exact) mass is 268 g/mol. The number of fused-ring (bicyclic) bond motifs is 1. The Morgan fingerprint density at radius 2 is 1.35 bits per heavy atom. The van der Waals surface area contributed by atoms with Gasteiger partial charge in [0.25, 0.3) is 0 Å². The summed E-state index contributed by atoms with van der Waals surface area (Å²) >= 11 is 0. The van der Waals surface area contributed by atoms with Crippen molar-refractivity contribution in [2.24, 2.45) is 0 Å². The SMILES string of the molecule is Cc1cc(C)c2c(c1)CC2.[C-]#[O+].[C-]#[O+].[C-]#[O+].[Cr+6]. The molecule has 0 atom stereocenters. The van der Waals surface area contributed by atoms with Gasteiger partial charge in [0.2, 0.25) is 0 Å². The van der Waals surface area contributed by atoms with Crippen molar-refractivity contribution in [2.45, 2.75) is 26.7 Å². The van der Waals surface area contributed by atoms with Crippen molar-refractivity contribution in [3.63, 3.8) is 0 Å². The minimum atomic E-state index is 0. The van der Waals surface area contributed by atoms with Gasteiger partial charge in [0, 0.05) is 0 Å². The molecule has 0 fully saturated rings. The van der Waals surface area contributed by atoms with E-state index in [1.807, 2.05) is 0 Å². The summed E-state index contributed by atoms with van der Waals surface area (Å²) in [5, 5.41) is 0. The van der Waals surface area contributed by atoms with E-state index in [0.29, 0.717) is 0 Å². The van der Waals surface area contributed by atoms with E-state index in [-0.39, 0.29) is 17.4 Å². The topological polar surface area (TPSA) is 59.7 Å². The molecule has 0 saturated carbocycles. The standard InChI is InChI=1S/C10H12.3CO.Cr/c1-7-5-8(2)10-4-3-9(10)6-7;3*1-2;/h5-6H,3-4H2,1-2H3;;;;/q;;;;+6. The summed E-state index contributed by atoms with van der Waals surface area (Å²) in [6, 6.07) is 4.59. The van der Waals surface area contributed by atoms with Gasteiger partial charge in [-0.3, -0.25) is 0 Å². The number of hydrogen-bond acceptors (Lipinski definition) is 0. The molecule has 3 nitrogen and oxygen atoms in total. The summed E-state index contributed by atoms with van der Waals surface area (Å²) in [5.41, 5.74) is 6.08. The summed E-state index contributed by atoms with van der Waals surface area (Å²) in [6.45, 7) is 17.9. The van der Waals surface area contributed by atoms with Gasteiger partial charge < -0.3 is 0 Å². The van der Waals surface area contributed by atoms with Crippen molar-refractivity contribution in [2.75, 3.05) is 0 Å². The zero-order chi connectivity index (χ0) is 13.1. The second kappa shape index (κ2) is 13.0. The van der Waals surface area contributed by atoms with Crippen LogP contribution in [-0.2, 0) is 44.2 Å². The molecule has 0 unspecified atom stereocenters. The minimum Gasteiger partial charge on any atom is 6.00 e. The maximum Gasteiger partial charge on any atom is 6.00 e. The van der Waals surface area contributed by atoms with Crippen LogP contribution in [0.3, 0.4) is 0 Å². The molecule has 0 amide bonds. The van der Waals surface area contributed by atoms with Crippen LogP contribution in [0.5, 0.6) is 0 Å². The van der Waals surface area contributed by atoms with E-state index in [2.05, 4.69) is 45.9 Å².